The molecule has 0 saturated heterocycles. The molecule has 4 heteroatoms. The fraction of sp³-hybridized carbons (Fsp3) is 0.235. The van der Waals surface area contributed by atoms with Gasteiger partial charge in [0.1, 0.15) is 0 Å². The van der Waals surface area contributed by atoms with Crippen molar-refractivity contribution in [1.29, 1.82) is 0 Å². The van der Waals surface area contributed by atoms with Gasteiger partial charge in [-0.15, -0.1) is 0 Å². The maximum Gasteiger partial charge on any atom is 0.319 e. The Morgan fingerprint density at radius 1 is 1.10 bits per heavy atom. The van der Waals surface area contributed by atoms with Gasteiger partial charge in [0.05, 0.1) is 6.04 Å². The quantitative estimate of drug-likeness (QED) is 0.837. The summed E-state index contributed by atoms with van der Waals surface area (Å²) in [6.45, 7) is 5.88. The molecule has 3 nitrogen and oxygen atoms in total. The molecule has 2 rings (SSSR count). The highest BCUT2D eigenvalue weighted by molar-refractivity contribution is 6.30. The zero-order chi connectivity index (χ0) is 15.4. The van der Waals surface area contributed by atoms with Gasteiger partial charge in [-0.3, -0.25) is 0 Å². The van der Waals surface area contributed by atoms with Crippen LogP contribution in [0.15, 0.2) is 42.5 Å². The Balaban J connectivity index is 2.05. The number of para-hydroxylation sites is 1. The monoisotopic (exact) mass is 302 g/mol. The summed E-state index contributed by atoms with van der Waals surface area (Å²) in [6, 6.07) is 13.1. The fourth-order valence-corrected chi connectivity index (χ4v) is 2.42. The van der Waals surface area contributed by atoms with Crippen molar-refractivity contribution in [2.75, 3.05) is 5.32 Å². The average molecular weight is 303 g/mol. The topological polar surface area (TPSA) is 41.1 Å². The van der Waals surface area contributed by atoms with Crippen LogP contribution in [-0.4, -0.2) is 6.03 Å². The number of hydrogen-bond acceptors (Lipinski definition) is 1. The first-order valence-corrected chi connectivity index (χ1v) is 7.24. The molecule has 1 atom stereocenters. The highest BCUT2D eigenvalue weighted by Crippen LogP contribution is 2.20. The van der Waals surface area contributed by atoms with Crippen LogP contribution in [0.5, 0.6) is 0 Å². The molecule has 0 aliphatic rings. The van der Waals surface area contributed by atoms with E-state index in [-0.39, 0.29) is 12.1 Å². The minimum Gasteiger partial charge on any atom is -0.331 e. The molecular formula is C17H19ClN2O. The third-order valence-corrected chi connectivity index (χ3v) is 3.65. The van der Waals surface area contributed by atoms with Gasteiger partial charge < -0.3 is 10.6 Å². The molecule has 0 aliphatic heterocycles. The summed E-state index contributed by atoms with van der Waals surface area (Å²) < 4.78 is 0. The number of benzene rings is 2. The van der Waals surface area contributed by atoms with Gasteiger partial charge in [0.25, 0.3) is 0 Å². The molecule has 0 spiro atoms. The number of halogens is 1. The zero-order valence-corrected chi connectivity index (χ0v) is 13.2. The molecule has 2 N–H and O–H groups in total. The second-order valence-corrected chi connectivity index (χ2v) is 5.58. The Labute approximate surface area is 130 Å². The second-order valence-electron chi connectivity index (χ2n) is 5.14. The number of amides is 2. The van der Waals surface area contributed by atoms with E-state index in [0.717, 1.165) is 22.4 Å². The number of hydrogen-bond donors (Lipinski definition) is 2. The predicted molar refractivity (Wildman–Crippen MR) is 87.9 cm³/mol. The summed E-state index contributed by atoms with van der Waals surface area (Å²) in [7, 11) is 0. The van der Waals surface area contributed by atoms with Crippen molar-refractivity contribution >= 4 is 23.3 Å². The standard InChI is InChI=1S/C17H19ClN2O/c1-11-6-4-7-12(2)16(11)20-17(21)19-13(3)14-8-5-9-15(18)10-14/h4-10,13H,1-3H3,(H2,19,20,21)/t13-/m1/s1. The summed E-state index contributed by atoms with van der Waals surface area (Å²) in [5.74, 6) is 0. The molecule has 0 saturated carbocycles. The van der Waals surface area contributed by atoms with Gasteiger partial charge >= 0.3 is 6.03 Å². The van der Waals surface area contributed by atoms with E-state index in [0.29, 0.717) is 5.02 Å². The van der Waals surface area contributed by atoms with E-state index in [9.17, 15) is 4.79 Å². The summed E-state index contributed by atoms with van der Waals surface area (Å²) in [5.41, 5.74) is 3.91. The van der Waals surface area contributed by atoms with Gasteiger partial charge in [-0.2, -0.15) is 0 Å². The van der Waals surface area contributed by atoms with Crippen LogP contribution < -0.4 is 10.6 Å². The summed E-state index contributed by atoms with van der Waals surface area (Å²) in [5, 5.41) is 6.49. The van der Waals surface area contributed by atoms with Crippen LogP contribution in [-0.2, 0) is 0 Å². The lowest BCUT2D eigenvalue weighted by atomic mass is 10.1. The van der Waals surface area contributed by atoms with E-state index in [1.165, 1.54) is 0 Å². The van der Waals surface area contributed by atoms with Crippen LogP contribution in [0.25, 0.3) is 0 Å². The second kappa shape index (κ2) is 6.64. The number of nitrogens with one attached hydrogen (secondary N) is 2. The van der Waals surface area contributed by atoms with Crippen LogP contribution in [0.3, 0.4) is 0 Å². The highest BCUT2D eigenvalue weighted by atomic mass is 35.5. The van der Waals surface area contributed by atoms with E-state index < -0.39 is 0 Å². The van der Waals surface area contributed by atoms with E-state index >= 15 is 0 Å². The Bertz CT molecular complexity index is 635. The maximum atomic E-state index is 12.1. The van der Waals surface area contributed by atoms with E-state index in [1.807, 2.05) is 63.2 Å². The lowest BCUT2D eigenvalue weighted by Gasteiger charge is -2.17. The van der Waals surface area contributed by atoms with Gasteiger partial charge in [0.15, 0.2) is 0 Å². The molecule has 21 heavy (non-hydrogen) atoms. The van der Waals surface area contributed by atoms with Gasteiger partial charge in [-0.05, 0) is 49.6 Å². The normalized spacial score (nSPS) is 11.8. The predicted octanol–water partition coefficient (Wildman–Crippen LogP) is 4.84. The number of rotatable bonds is 3. The molecule has 2 amide bonds. The van der Waals surface area contributed by atoms with Crippen molar-refractivity contribution in [3.8, 4) is 0 Å². The summed E-state index contributed by atoms with van der Waals surface area (Å²) in [4.78, 5) is 12.1. The summed E-state index contributed by atoms with van der Waals surface area (Å²) >= 11 is 5.97. The number of carbonyl (C=O) groups excluding carboxylic acids is 1. The van der Waals surface area contributed by atoms with Crippen LogP contribution in [0.2, 0.25) is 5.02 Å². The Morgan fingerprint density at radius 3 is 2.33 bits per heavy atom. The minimum atomic E-state index is -0.222. The maximum absolute atomic E-state index is 12.1. The molecule has 0 bridgehead atoms. The zero-order valence-electron chi connectivity index (χ0n) is 12.4. The van der Waals surface area contributed by atoms with Crippen LogP contribution >= 0.6 is 11.6 Å². The van der Waals surface area contributed by atoms with Crippen LogP contribution in [0, 0.1) is 13.8 Å². The van der Waals surface area contributed by atoms with E-state index in [4.69, 9.17) is 11.6 Å². The highest BCUT2D eigenvalue weighted by Gasteiger charge is 2.11. The molecule has 0 aromatic heterocycles. The molecular weight excluding hydrogens is 284 g/mol. The minimum absolute atomic E-state index is 0.118. The van der Waals surface area contributed by atoms with Crippen molar-refractivity contribution < 1.29 is 4.79 Å². The lowest BCUT2D eigenvalue weighted by Crippen LogP contribution is -2.31. The van der Waals surface area contributed by atoms with E-state index in [2.05, 4.69) is 10.6 Å². The molecule has 0 radical (unpaired) electrons. The first-order chi connectivity index (χ1) is 9.97. The molecule has 110 valence electrons. The smallest absolute Gasteiger partial charge is 0.319 e. The SMILES string of the molecule is Cc1cccc(C)c1NC(=O)N[C@H](C)c1cccc(Cl)c1. The van der Waals surface area contributed by atoms with Gasteiger partial charge in [-0.1, -0.05) is 41.9 Å². The van der Waals surface area contributed by atoms with Gasteiger partial charge in [0.2, 0.25) is 0 Å². The van der Waals surface area contributed by atoms with Gasteiger partial charge in [0, 0.05) is 10.7 Å². The molecule has 0 fully saturated rings. The van der Waals surface area contributed by atoms with Crippen LogP contribution in [0.1, 0.15) is 29.7 Å². The Hall–Kier alpha value is -2.00. The number of urea groups is 1. The van der Waals surface area contributed by atoms with E-state index in [1.54, 1.807) is 0 Å². The van der Waals surface area contributed by atoms with Gasteiger partial charge in [-0.25, -0.2) is 4.79 Å². The van der Waals surface area contributed by atoms with Crippen molar-refractivity contribution in [1.82, 2.24) is 5.32 Å². The Kier molecular flexibility index (Phi) is 4.86. The molecule has 2 aromatic rings. The number of carbonyl (C=O) groups is 1. The number of aryl methyl sites for hydroxylation is 2. The van der Waals surface area contributed by atoms with Crippen LogP contribution in [0.4, 0.5) is 10.5 Å². The lowest BCUT2D eigenvalue weighted by molar-refractivity contribution is 0.249. The largest absolute Gasteiger partial charge is 0.331 e. The molecule has 0 aliphatic carbocycles. The summed E-state index contributed by atoms with van der Waals surface area (Å²) in [6.07, 6.45) is 0. The fourth-order valence-electron chi connectivity index (χ4n) is 2.22. The van der Waals surface area contributed by atoms with Crippen molar-refractivity contribution in [3.05, 3.63) is 64.2 Å². The first-order valence-electron chi connectivity index (χ1n) is 6.86. The van der Waals surface area contributed by atoms with Crippen molar-refractivity contribution in [2.45, 2.75) is 26.8 Å². The third kappa shape index (κ3) is 3.99. The molecule has 0 heterocycles. The average Bonchev–Trinajstić information content (AvgIpc) is 2.43. The Morgan fingerprint density at radius 2 is 1.71 bits per heavy atom. The van der Waals surface area contributed by atoms with Crippen molar-refractivity contribution in [2.24, 2.45) is 0 Å². The molecule has 2 aromatic carbocycles. The first kappa shape index (κ1) is 15.4. The number of anilines is 1. The van der Waals surface area contributed by atoms with Crippen molar-refractivity contribution in [3.63, 3.8) is 0 Å². The molecule has 0 unspecified atom stereocenters. The third-order valence-electron chi connectivity index (χ3n) is 3.42.